The van der Waals surface area contributed by atoms with Crippen molar-refractivity contribution in [1.82, 2.24) is 0 Å². The number of Topliss-reactive ketones (excluding diaryl/α,β-unsaturated/α-hetero) is 1. The van der Waals surface area contributed by atoms with Crippen LogP contribution in [0.1, 0.15) is 48.3 Å². The number of benzene rings is 3. The minimum atomic E-state index is -0.653. The lowest BCUT2D eigenvalue weighted by Crippen LogP contribution is -2.38. The Morgan fingerprint density at radius 1 is 1.00 bits per heavy atom. The van der Waals surface area contributed by atoms with Gasteiger partial charge in [0.05, 0.1) is 6.61 Å². The average Bonchev–Trinajstić information content (AvgIpc) is 2.88. The number of aliphatic imine (C=N–C) groups is 1. The summed E-state index contributed by atoms with van der Waals surface area (Å²) in [6.45, 7) is 2.14. The summed E-state index contributed by atoms with van der Waals surface area (Å²) in [6, 6.07) is 25.4. The highest BCUT2D eigenvalue weighted by Gasteiger charge is 2.44. The largest absolute Gasteiger partial charge is 0.465 e. The van der Waals surface area contributed by atoms with Crippen LogP contribution in [0.5, 0.6) is 0 Å². The number of hydrogen-bond acceptors (Lipinski definition) is 4. The Hall–Kier alpha value is -3.02. The zero-order valence-corrected chi connectivity index (χ0v) is 22.8. The van der Waals surface area contributed by atoms with Crippen LogP contribution in [-0.2, 0) is 20.7 Å². The summed E-state index contributed by atoms with van der Waals surface area (Å²) < 4.78 is 6.67. The number of allylic oxidation sites excluding steroid dienone is 2. The average molecular weight is 577 g/mol. The first-order chi connectivity index (χ1) is 17.9. The summed E-state index contributed by atoms with van der Waals surface area (Å²) in [5.41, 5.74) is 5.16. The van der Waals surface area contributed by atoms with Gasteiger partial charge in [-0.25, -0.2) is 0 Å². The smallest absolute Gasteiger partial charge is 0.315 e. The van der Waals surface area contributed by atoms with Crippen LogP contribution in [0.2, 0.25) is 5.02 Å². The third-order valence-electron chi connectivity index (χ3n) is 7.17. The van der Waals surface area contributed by atoms with E-state index < -0.39 is 11.8 Å². The molecule has 0 radical (unpaired) electrons. The lowest BCUT2D eigenvalue weighted by molar-refractivity contribution is -0.146. The predicted molar refractivity (Wildman–Crippen MR) is 150 cm³/mol. The van der Waals surface area contributed by atoms with Crippen molar-refractivity contribution < 1.29 is 14.3 Å². The molecule has 0 saturated heterocycles. The van der Waals surface area contributed by atoms with Crippen molar-refractivity contribution in [2.75, 3.05) is 6.61 Å². The molecule has 3 aromatic carbocycles. The van der Waals surface area contributed by atoms with Gasteiger partial charge in [0, 0.05) is 45.2 Å². The molecule has 6 heteroatoms. The van der Waals surface area contributed by atoms with E-state index in [-0.39, 0.29) is 24.3 Å². The fourth-order valence-corrected chi connectivity index (χ4v) is 5.94. The van der Waals surface area contributed by atoms with E-state index in [1.165, 1.54) is 0 Å². The van der Waals surface area contributed by atoms with E-state index in [0.29, 0.717) is 35.6 Å². The minimum absolute atomic E-state index is 0.0256. The van der Waals surface area contributed by atoms with Crippen molar-refractivity contribution in [3.63, 3.8) is 0 Å². The second-order valence-electron chi connectivity index (χ2n) is 9.61. The SMILES string of the molecule is CC1=NC2=C(C(=O)C[C@H](c3ccc(Cl)cc3)C2)[C@H](c2cccc(Br)c2)C1C(=O)OCCc1ccccc1. The zero-order valence-electron chi connectivity index (χ0n) is 20.5. The van der Waals surface area contributed by atoms with E-state index in [1.807, 2.05) is 85.8 Å². The van der Waals surface area contributed by atoms with E-state index in [1.54, 1.807) is 0 Å². The number of ketones is 1. The number of carbonyl (C=O) groups is 2. The van der Waals surface area contributed by atoms with Crippen LogP contribution in [0.25, 0.3) is 0 Å². The molecule has 0 saturated carbocycles. The molecular formula is C31H27BrClNO3. The van der Waals surface area contributed by atoms with Gasteiger partial charge in [-0.1, -0.05) is 82.1 Å². The van der Waals surface area contributed by atoms with Gasteiger partial charge in [0.2, 0.25) is 0 Å². The first-order valence-electron chi connectivity index (χ1n) is 12.4. The maximum atomic E-state index is 13.7. The van der Waals surface area contributed by atoms with Crippen LogP contribution < -0.4 is 0 Å². The van der Waals surface area contributed by atoms with Crippen molar-refractivity contribution in [1.29, 1.82) is 0 Å². The highest BCUT2D eigenvalue weighted by atomic mass is 79.9. The molecule has 5 rings (SSSR count). The lowest BCUT2D eigenvalue weighted by atomic mass is 9.69. The second-order valence-corrected chi connectivity index (χ2v) is 11.0. The molecule has 4 nitrogen and oxygen atoms in total. The molecule has 0 fully saturated rings. The van der Waals surface area contributed by atoms with Crippen LogP contribution >= 0.6 is 27.5 Å². The molecule has 1 aliphatic carbocycles. The van der Waals surface area contributed by atoms with E-state index in [0.717, 1.165) is 26.9 Å². The van der Waals surface area contributed by atoms with Crippen LogP contribution in [0.3, 0.4) is 0 Å². The van der Waals surface area contributed by atoms with Crippen LogP contribution in [0, 0.1) is 5.92 Å². The summed E-state index contributed by atoms with van der Waals surface area (Å²) in [6.07, 6.45) is 1.64. The fraction of sp³-hybridized carbons (Fsp3) is 0.258. The van der Waals surface area contributed by atoms with Gasteiger partial charge in [-0.15, -0.1) is 0 Å². The van der Waals surface area contributed by atoms with Crippen molar-refractivity contribution in [3.05, 3.63) is 116 Å². The summed E-state index contributed by atoms with van der Waals surface area (Å²) in [4.78, 5) is 32.1. The Kier molecular flexibility index (Phi) is 7.73. The highest BCUT2D eigenvalue weighted by Crippen LogP contribution is 2.47. The monoisotopic (exact) mass is 575 g/mol. The molecule has 2 aliphatic rings. The van der Waals surface area contributed by atoms with Gasteiger partial charge in [0.1, 0.15) is 5.92 Å². The Morgan fingerprint density at radius 2 is 1.76 bits per heavy atom. The molecule has 3 aromatic rings. The van der Waals surface area contributed by atoms with E-state index in [4.69, 9.17) is 21.3 Å². The predicted octanol–water partition coefficient (Wildman–Crippen LogP) is 7.46. The van der Waals surface area contributed by atoms with E-state index in [9.17, 15) is 9.59 Å². The van der Waals surface area contributed by atoms with Gasteiger partial charge >= 0.3 is 5.97 Å². The van der Waals surface area contributed by atoms with Gasteiger partial charge in [0.25, 0.3) is 0 Å². The zero-order chi connectivity index (χ0) is 25.9. The number of ether oxygens (including phenoxy) is 1. The maximum absolute atomic E-state index is 13.7. The molecule has 1 unspecified atom stereocenters. The first-order valence-corrected chi connectivity index (χ1v) is 13.6. The molecule has 1 aliphatic heterocycles. The molecule has 3 atom stereocenters. The Bertz CT molecular complexity index is 1380. The third kappa shape index (κ3) is 5.63. The molecule has 0 bridgehead atoms. The topological polar surface area (TPSA) is 55.7 Å². The highest BCUT2D eigenvalue weighted by molar-refractivity contribution is 9.10. The minimum Gasteiger partial charge on any atom is -0.465 e. The number of esters is 1. The van der Waals surface area contributed by atoms with Crippen LogP contribution in [0.15, 0.2) is 99.6 Å². The molecule has 1 heterocycles. The van der Waals surface area contributed by atoms with Crippen molar-refractivity contribution in [3.8, 4) is 0 Å². The number of rotatable bonds is 6. The lowest BCUT2D eigenvalue weighted by Gasteiger charge is -2.36. The second kappa shape index (κ2) is 11.2. The summed E-state index contributed by atoms with van der Waals surface area (Å²) in [7, 11) is 0. The number of halogens is 2. The molecule has 0 aromatic heterocycles. The summed E-state index contributed by atoms with van der Waals surface area (Å²) in [5, 5.41) is 0.667. The number of nitrogens with zero attached hydrogens (tertiary/aromatic N) is 1. The first kappa shape index (κ1) is 25.6. The van der Waals surface area contributed by atoms with Crippen molar-refractivity contribution in [2.24, 2.45) is 10.9 Å². The Balaban J connectivity index is 1.46. The number of carbonyl (C=O) groups excluding carboxylic acids is 2. The molecule has 0 spiro atoms. The molecular weight excluding hydrogens is 550 g/mol. The third-order valence-corrected chi connectivity index (χ3v) is 7.91. The van der Waals surface area contributed by atoms with Crippen molar-refractivity contribution in [2.45, 2.75) is 38.0 Å². The Labute approximate surface area is 230 Å². The number of hydrogen-bond donors (Lipinski definition) is 0. The Morgan fingerprint density at radius 3 is 2.49 bits per heavy atom. The molecule has 37 heavy (non-hydrogen) atoms. The summed E-state index contributed by atoms with van der Waals surface area (Å²) >= 11 is 9.64. The normalized spacial score (nSPS) is 21.3. The maximum Gasteiger partial charge on any atom is 0.315 e. The summed E-state index contributed by atoms with van der Waals surface area (Å²) in [5.74, 6) is -1.38. The standard InChI is InChI=1S/C31H27BrClNO3/c1-19-28(31(36)37-15-14-20-6-3-2-4-7-20)29(22-8-5-9-24(32)16-22)30-26(34-19)17-23(18-27(30)35)21-10-12-25(33)13-11-21/h2-13,16,23,28-29H,14-15,17-18H2,1H3/t23-,28?,29-/m1/s1. The molecule has 188 valence electrons. The van der Waals surface area contributed by atoms with Gasteiger partial charge in [0.15, 0.2) is 5.78 Å². The van der Waals surface area contributed by atoms with E-state index >= 15 is 0 Å². The van der Waals surface area contributed by atoms with Crippen molar-refractivity contribution >= 4 is 45.0 Å². The molecule has 0 N–H and O–H groups in total. The van der Waals surface area contributed by atoms with E-state index in [2.05, 4.69) is 15.9 Å². The van der Waals surface area contributed by atoms with Gasteiger partial charge < -0.3 is 4.74 Å². The van der Waals surface area contributed by atoms with Crippen LogP contribution in [-0.4, -0.2) is 24.1 Å². The van der Waals surface area contributed by atoms with Crippen LogP contribution in [0.4, 0.5) is 0 Å². The molecule has 0 amide bonds. The van der Waals surface area contributed by atoms with Gasteiger partial charge in [-0.2, -0.15) is 0 Å². The van der Waals surface area contributed by atoms with Gasteiger partial charge in [-0.3, -0.25) is 14.6 Å². The fourth-order valence-electron chi connectivity index (χ4n) is 5.40. The quantitative estimate of drug-likeness (QED) is 0.286. The van der Waals surface area contributed by atoms with Gasteiger partial charge in [-0.05, 0) is 60.2 Å².